The highest BCUT2D eigenvalue weighted by Crippen LogP contribution is 2.50. The Morgan fingerprint density at radius 3 is 2.74 bits per heavy atom. The molecule has 1 saturated heterocycles. The summed E-state index contributed by atoms with van der Waals surface area (Å²) in [6.07, 6.45) is 3.88. The fourth-order valence-electron chi connectivity index (χ4n) is 5.62. The molecule has 2 aliphatic rings. The van der Waals surface area contributed by atoms with Gasteiger partial charge in [0.1, 0.15) is 34.4 Å². The Morgan fingerprint density at radius 1 is 1.15 bits per heavy atom. The summed E-state index contributed by atoms with van der Waals surface area (Å²) in [7, 11) is 0. The van der Waals surface area contributed by atoms with Crippen LogP contribution >= 0.6 is 0 Å². The zero-order valence-corrected chi connectivity index (χ0v) is 18.9. The first-order valence-electron chi connectivity index (χ1n) is 11.6. The van der Waals surface area contributed by atoms with Crippen LogP contribution in [-0.2, 0) is 6.42 Å². The molecule has 1 aliphatic heterocycles. The van der Waals surface area contributed by atoms with Crippen LogP contribution in [0.4, 0.5) is 14.6 Å². The molecule has 3 heterocycles. The number of hydrogen-bond donors (Lipinski definition) is 2. The van der Waals surface area contributed by atoms with E-state index in [4.69, 9.17) is 0 Å². The first-order chi connectivity index (χ1) is 16.4. The van der Waals surface area contributed by atoms with Crippen LogP contribution in [0, 0.1) is 24.5 Å². The molecule has 0 amide bonds. The van der Waals surface area contributed by atoms with Gasteiger partial charge >= 0.3 is 0 Å². The molecule has 0 radical (unpaired) electrons. The molecule has 0 bridgehead atoms. The second-order valence-corrected chi connectivity index (χ2v) is 9.29. The van der Waals surface area contributed by atoms with E-state index in [2.05, 4.69) is 19.9 Å². The molecule has 0 unspecified atom stereocenters. The fraction of sp³-hybridized carbons (Fsp3) is 0.346. The van der Waals surface area contributed by atoms with Crippen LogP contribution in [0.2, 0.25) is 0 Å². The van der Waals surface area contributed by atoms with E-state index < -0.39 is 5.82 Å². The van der Waals surface area contributed by atoms with Crippen molar-refractivity contribution < 1.29 is 19.0 Å². The third-order valence-corrected chi connectivity index (χ3v) is 7.20. The summed E-state index contributed by atoms with van der Waals surface area (Å²) in [5.74, 6) is 0.451. The van der Waals surface area contributed by atoms with Crippen molar-refractivity contribution in [2.45, 2.75) is 45.2 Å². The summed E-state index contributed by atoms with van der Waals surface area (Å²) in [6.45, 7) is 3.55. The lowest BCUT2D eigenvalue weighted by Crippen LogP contribution is -2.36. The predicted molar refractivity (Wildman–Crippen MR) is 126 cm³/mol. The standard InChI is InChI=1S/C26H24F2N4O2/c1-3-17-20(27)5-4-13-7-16(34)9-18(22(13)17)24-23(28)25-19(10-29-24)26(31-12(2)30-25)32-15(11-33)6-14-8-21(14)32/h4-5,7,9-10,14-15,21,33-34H,3,6,8,11H2,1-2H3/t14-,15-,21+/m0/s1. The van der Waals surface area contributed by atoms with Gasteiger partial charge in [0.25, 0.3) is 0 Å². The van der Waals surface area contributed by atoms with Gasteiger partial charge < -0.3 is 15.1 Å². The van der Waals surface area contributed by atoms with Gasteiger partial charge in [-0.15, -0.1) is 0 Å². The number of aryl methyl sites for hydroxylation is 2. The van der Waals surface area contributed by atoms with Gasteiger partial charge in [-0.05, 0) is 66.6 Å². The minimum atomic E-state index is -0.644. The normalized spacial score (nSPS) is 21.4. The minimum absolute atomic E-state index is 0.00202. The van der Waals surface area contributed by atoms with Crippen LogP contribution in [0.15, 0.2) is 30.5 Å². The van der Waals surface area contributed by atoms with Gasteiger partial charge in [-0.2, -0.15) is 0 Å². The van der Waals surface area contributed by atoms with Crippen molar-refractivity contribution in [3.8, 4) is 17.0 Å². The molecule has 2 aromatic carbocycles. The summed E-state index contributed by atoms with van der Waals surface area (Å²) < 4.78 is 30.7. The molecule has 8 heteroatoms. The Labute approximate surface area is 194 Å². The molecule has 1 aliphatic carbocycles. The number of aliphatic hydroxyl groups is 1. The van der Waals surface area contributed by atoms with E-state index in [1.807, 2.05) is 6.92 Å². The van der Waals surface area contributed by atoms with Crippen molar-refractivity contribution in [1.29, 1.82) is 0 Å². The molecule has 6 rings (SSSR count). The molecule has 4 aromatic rings. The number of anilines is 1. The van der Waals surface area contributed by atoms with Crippen LogP contribution < -0.4 is 4.90 Å². The fourth-order valence-corrected chi connectivity index (χ4v) is 5.62. The predicted octanol–water partition coefficient (Wildman–Crippen LogP) is 4.66. The number of phenols is 1. The van der Waals surface area contributed by atoms with E-state index in [9.17, 15) is 14.6 Å². The van der Waals surface area contributed by atoms with Gasteiger partial charge in [-0.25, -0.2) is 18.7 Å². The molecular formula is C26H24F2N4O2. The second kappa shape index (κ2) is 7.56. The lowest BCUT2D eigenvalue weighted by atomic mass is 9.94. The molecule has 2 fully saturated rings. The van der Waals surface area contributed by atoms with E-state index in [-0.39, 0.29) is 35.4 Å². The van der Waals surface area contributed by atoms with Gasteiger partial charge in [0.2, 0.25) is 0 Å². The number of nitrogens with zero attached hydrogens (tertiary/aromatic N) is 4. The highest BCUT2D eigenvalue weighted by molar-refractivity contribution is 6.01. The Morgan fingerprint density at radius 2 is 1.97 bits per heavy atom. The van der Waals surface area contributed by atoms with Gasteiger partial charge in [-0.1, -0.05) is 13.0 Å². The van der Waals surface area contributed by atoms with Crippen molar-refractivity contribution in [2.24, 2.45) is 5.92 Å². The van der Waals surface area contributed by atoms with Crippen molar-refractivity contribution in [1.82, 2.24) is 15.0 Å². The van der Waals surface area contributed by atoms with Gasteiger partial charge in [0, 0.05) is 17.8 Å². The quantitative estimate of drug-likeness (QED) is 0.459. The lowest BCUT2D eigenvalue weighted by molar-refractivity contribution is 0.259. The van der Waals surface area contributed by atoms with Crippen LogP contribution in [0.3, 0.4) is 0 Å². The summed E-state index contributed by atoms with van der Waals surface area (Å²) in [5.41, 5.74) is 0.887. The van der Waals surface area contributed by atoms with E-state index in [0.717, 1.165) is 12.8 Å². The molecule has 34 heavy (non-hydrogen) atoms. The Balaban J connectivity index is 1.61. The second-order valence-electron chi connectivity index (χ2n) is 9.29. The number of benzene rings is 2. The maximum Gasteiger partial charge on any atom is 0.175 e. The molecule has 0 spiro atoms. The van der Waals surface area contributed by atoms with Crippen LogP contribution in [0.25, 0.3) is 32.9 Å². The number of aromatic nitrogens is 3. The zero-order valence-electron chi connectivity index (χ0n) is 18.9. The summed E-state index contributed by atoms with van der Waals surface area (Å²) in [5, 5.41) is 21.8. The number of phenolic OH excluding ortho intramolecular Hbond substituents is 1. The number of aliphatic hydroxyl groups excluding tert-OH is 1. The first-order valence-corrected chi connectivity index (χ1v) is 11.6. The van der Waals surface area contributed by atoms with E-state index >= 15 is 4.39 Å². The minimum Gasteiger partial charge on any atom is -0.508 e. The average Bonchev–Trinajstić information content (AvgIpc) is 3.48. The van der Waals surface area contributed by atoms with Gasteiger partial charge in [0.05, 0.1) is 18.0 Å². The molecule has 2 N–H and O–H groups in total. The summed E-state index contributed by atoms with van der Waals surface area (Å²) >= 11 is 0. The SMILES string of the molecule is CCc1c(F)ccc2cc(O)cc(-c3ncc4c(N5[C@H](CO)C[C@H]6C[C@H]65)nc(C)nc4c3F)c12. The summed E-state index contributed by atoms with van der Waals surface area (Å²) in [6, 6.07) is 6.12. The van der Waals surface area contributed by atoms with Crippen molar-refractivity contribution in [3.63, 3.8) is 0 Å². The number of pyridine rings is 1. The lowest BCUT2D eigenvalue weighted by Gasteiger charge is -2.28. The largest absolute Gasteiger partial charge is 0.508 e. The maximum atomic E-state index is 16.1. The van der Waals surface area contributed by atoms with E-state index in [0.29, 0.717) is 57.3 Å². The van der Waals surface area contributed by atoms with Crippen LogP contribution in [0.1, 0.15) is 31.2 Å². The Bertz CT molecular complexity index is 1480. The highest BCUT2D eigenvalue weighted by Gasteiger charge is 2.52. The molecule has 3 atom stereocenters. The monoisotopic (exact) mass is 462 g/mol. The van der Waals surface area contributed by atoms with Crippen molar-refractivity contribution >= 4 is 27.5 Å². The highest BCUT2D eigenvalue weighted by atomic mass is 19.1. The number of aromatic hydroxyl groups is 1. The van der Waals surface area contributed by atoms with Gasteiger partial charge in [0.15, 0.2) is 5.82 Å². The molecule has 1 saturated carbocycles. The number of halogens is 2. The first kappa shape index (κ1) is 21.2. The summed E-state index contributed by atoms with van der Waals surface area (Å²) in [4.78, 5) is 15.5. The maximum absolute atomic E-state index is 16.1. The van der Waals surface area contributed by atoms with E-state index in [1.54, 1.807) is 19.2 Å². The van der Waals surface area contributed by atoms with Crippen molar-refractivity contribution in [2.75, 3.05) is 11.5 Å². The third-order valence-electron chi connectivity index (χ3n) is 7.20. The number of fused-ring (bicyclic) bond motifs is 3. The number of piperidine rings is 1. The van der Waals surface area contributed by atoms with Crippen molar-refractivity contribution in [3.05, 3.63) is 53.5 Å². The molecular weight excluding hydrogens is 438 g/mol. The number of hydrogen-bond acceptors (Lipinski definition) is 6. The molecule has 2 aromatic heterocycles. The third kappa shape index (κ3) is 3.05. The average molecular weight is 463 g/mol. The zero-order chi connectivity index (χ0) is 23.7. The number of rotatable bonds is 4. The van der Waals surface area contributed by atoms with Gasteiger partial charge in [-0.3, -0.25) is 4.98 Å². The van der Waals surface area contributed by atoms with Crippen LogP contribution in [-0.4, -0.2) is 43.9 Å². The van der Waals surface area contributed by atoms with E-state index in [1.165, 1.54) is 18.2 Å². The topological polar surface area (TPSA) is 82.4 Å². The Kier molecular flexibility index (Phi) is 4.71. The molecule has 6 nitrogen and oxygen atoms in total. The molecule has 174 valence electrons. The smallest absolute Gasteiger partial charge is 0.175 e. The Hall–Kier alpha value is -3.39. The van der Waals surface area contributed by atoms with Crippen LogP contribution in [0.5, 0.6) is 5.75 Å².